The van der Waals surface area contributed by atoms with Gasteiger partial charge in [-0.25, -0.2) is 4.79 Å². The lowest BCUT2D eigenvalue weighted by molar-refractivity contribution is 0.199. The van der Waals surface area contributed by atoms with E-state index < -0.39 is 6.10 Å². The normalized spacial score (nSPS) is 11.9. The summed E-state index contributed by atoms with van der Waals surface area (Å²) in [6, 6.07) is 6.58. The summed E-state index contributed by atoms with van der Waals surface area (Å²) in [5, 5.41) is 22.3. The molecule has 94 valence electrons. The molecule has 1 unspecified atom stereocenters. The standard InChI is InChI=1S/C11H12N4O2S/c1-7(16)8-2-4-9(5-3-8)13-10(17)14-11-15-12-6-18-11/h2-7,16H,1H3,(H2,13,14,15,17). The third-order valence-electron chi connectivity index (χ3n) is 2.23. The van der Waals surface area contributed by atoms with E-state index in [1.54, 1.807) is 31.2 Å². The molecular formula is C11H12N4O2S. The molecule has 1 heterocycles. The number of carbonyl (C=O) groups excluding carboxylic acids is 1. The van der Waals surface area contributed by atoms with Gasteiger partial charge in [-0.05, 0) is 24.6 Å². The van der Waals surface area contributed by atoms with Crippen LogP contribution >= 0.6 is 11.3 Å². The second-order valence-electron chi connectivity index (χ2n) is 3.62. The lowest BCUT2D eigenvalue weighted by Gasteiger charge is -2.07. The van der Waals surface area contributed by atoms with E-state index in [1.807, 2.05) is 0 Å². The maximum atomic E-state index is 11.6. The van der Waals surface area contributed by atoms with Crippen LogP contribution in [0.4, 0.5) is 15.6 Å². The Morgan fingerprint density at radius 3 is 2.61 bits per heavy atom. The highest BCUT2D eigenvalue weighted by molar-refractivity contribution is 7.13. The van der Waals surface area contributed by atoms with Crippen molar-refractivity contribution in [1.29, 1.82) is 0 Å². The van der Waals surface area contributed by atoms with E-state index in [0.717, 1.165) is 5.56 Å². The Bertz CT molecular complexity index is 510. The van der Waals surface area contributed by atoms with Crippen molar-refractivity contribution in [2.24, 2.45) is 0 Å². The fourth-order valence-electron chi connectivity index (χ4n) is 1.33. The molecule has 1 aromatic heterocycles. The maximum Gasteiger partial charge on any atom is 0.325 e. The van der Waals surface area contributed by atoms with Gasteiger partial charge in [0.1, 0.15) is 5.51 Å². The number of anilines is 2. The number of carbonyl (C=O) groups is 1. The van der Waals surface area contributed by atoms with Crippen LogP contribution < -0.4 is 10.6 Å². The van der Waals surface area contributed by atoms with Gasteiger partial charge in [-0.15, -0.1) is 10.2 Å². The fourth-order valence-corrected chi connectivity index (χ4v) is 1.77. The van der Waals surface area contributed by atoms with Crippen LogP contribution in [0.2, 0.25) is 0 Å². The minimum atomic E-state index is -0.519. The first-order valence-corrected chi connectivity index (χ1v) is 6.15. The van der Waals surface area contributed by atoms with Gasteiger partial charge in [0.15, 0.2) is 0 Å². The molecule has 0 saturated heterocycles. The van der Waals surface area contributed by atoms with E-state index in [2.05, 4.69) is 20.8 Å². The first-order chi connectivity index (χ1) is 8.65. The van der Waals surface area contributed by atoms with Crippen molar-refractivity contribution >= 4 is 28.2 Å². The highest BCUT2D eigenvalue weighted by Gasteiger charge is 2.05. The van der Waals surface area contributed by atoms with Gasteiger partial charge < -0.3 is 10.4 Å². The molecule has 18 heavy (non-hydrogen) atoms. The average molecular weight is 264 g/mol. The van der Waals surface area contributed by atoms with E-state index in [-0.39, 0.29) is 6.03 Å². The van der Waals surface area contributed by atoms with E-state index in [9.17, 15) is 9.90 Å². The molecule has 6 nitrogen and oxygen atoms in total. The van der Waals surface area contributed by atoms with E-state index >= 15 is 0 Å². The van der Waals surface area contributed by atoms with Crippen molar-refractivity contribution in [2.75, 3.05) is 10.6 Å². The molecule has 0 saturated carbocycles. The monoisotopic (exact) mass is 264 g/mol. The molecule has 7 heteroatoms. The molecule has 0 fully saturated rings. The first kappa shape index (κ1) is 12.5. The van der Waals surface area contributed by atoms with E-state index in [4.69, 9.17) is 0 Å². The number of hydrogen-bond acceptors (Lipinski definition) is 5. The number of nitrogens with one attached hydrogen (secondary N) is 2. The molecule has 1 atom stereocenters. The van der Waals surface area contributed by atoms with Crippen molar-refractivity contribution in [1.82, 2.24) is 10.2 Å². The molecule has 0 aliphatic heterocycles. The Kier molecular flexibility index (Phi) is 3.85. The smallest absolute Gasteiger partial charge is 0.325 e. The van der Waals surface area contributed by atoms with Gasteiger partial charge in [0.2, 0.25) is 5.13 Å². The topological polar surface area (TPSA) is 87.1 Å². The number of amides is 2. The summed E-state index contributed by atoms with van der Waals surface area (Å²) in [6.07, 6.45) is -0.519. The van der Waals surface area contributed by atoms with Gasteiger partial charge in [0.25, 0.3) is 0 Å². The van der Waals surface area contributed by atoms with Gasteiger partial charge in [-0.3, -0.25) is 5.32 Å². The molecule has 0 spiro atoms. The van der Waals surface area contributed by atoms with E-state index in [1.165, 1.54) is 16.8 Å². The minimum Gasteiger partial charge on any atom is -0.389 e. The summed E-state index contributed by atoms with van der Waals surface area (Å²) >= 11 is 1.24. The summed E-state index contributed by atoms with van der Waals surface area (Å²) in [5.74, 6) is 0. The van der Waals surface area contributed by atoms with Gasteiger partial charge in [-0.1, -0.05) is 23.5 Å². The molecule has 1 aromatic carbocycles. The van der Waals surface area contributed by atoms with Crippen molar-refractivity contribution in [3.63, 3.8) is 0 Å². The molecule has 2 aromatic rings. The minimum absolute atomic E-state index is 0.378. The molecular weight excluding hydrogens is 252 g/mol. The van der Waals surface area contributed by atoms with Crippen molar-refractivity contribution in [2.45, 2.75) is 13.0 Å². The summed E-state index contributed by atoms with van der Waals surface area (Å²) in [4.78, 5) is 11.6. The Morgan fingerprint density at radius 1 is 1.33 bits per heavy atom. The molecule has 2 rings (SSSR count). The van der Waals surface area contributed by atoms with Crippen LogP contribution in [-0.4, -0.2) is 21.3 Å². The molecule has 3 N–H and O–H groups in total. The predicted molar refractivity (Wildman–Crippen MR) is 69.6 cm³/mol. The Morgan fingerprint density at radius 2 is 2.06 bits per heavy atom. The number of rotatable bonds is 3. The molecule has 0 bridgehead atoms. The maximum absolute atomic E-state index is 11.6. The number of aromatic nitrogens is 2. The Balaban J connectivity index is 1.95. The van der Waals surface area contributed by atoms with Crippen LogP contribution in [-0.2, 0) is 0 Å². The second-order valence-corrected chi connectivity index (χ2v) is 4.45. The van der Waals surface area contributed by atoms with Crippen LogP contribution in [0, 0.1) is 0 Å². The highest BCUT2D eigenvalue weighted by atomic mass is 32.1. The van der Waals surface area contributed by atoms with Gasteiger partial charge in [-0.2, -0.15) is 0 Å². The third kappa shape index (κ3) is 3.25. The largest absolute Gasteiger partial charge is 0.389 e. The lowest BCUT2D eigenvalue weighted by Crippen LogP contribution is -2.19. The highest BCUT2D eigenvalue weighted by Crippen LogP contribution is 2.16. The zero-order valence-electron chi connectivity index (χ0n) is 9.62. The number of benzene rings is 1. The van der Waals surface area contributed by atoms with Crippen LogP contribution in [0.5, 0.6) is 0 Å². The number of urea groups is 1. The van der Waals surface area contributed by atoms with Gasteiger partial charge >= 0.3 is 6.03 Å². The molecule has 0 aliphatic rings. The van der Waals surface area contributed by atoms with Gasteiger partial charge in [0, 0.05) is 5.69 Å². The van der Waals surface area contributed by atoms with E-state index in [0.29, 0.717) is 10.8 Å². The summed E-state index contributed by atoms with van der Waals surface area (Å²) in [5.41, 5.74) is 2.97. The van der Waals surface area contributed by atoms with Crippen LogP contribution in [0.3, 0.4) is 0 Å². The number of nitrogens with zero attached hydrogens (tertiary/aromatic N) is 2. The van der Waals surface area contributed by atoms with Crippen molar-refractivity contribution < 1.29 is 9.90 Å². The SMILES string of the molecule is CC(O)c1ccc(NC(=O)Nc2nncs2)cc1. The van der Waals surface area contributed by atoms with Crippen molar-refractivity contribution in [3.05, 3.63) is 35.3 Å². The summed E-state index contributed by atoms with van der Waals surface area (Å²) < 4.78 is 0. The molecule has 2 amide bonds. The van der Waals surface area contributed by atoms with Crippen LogP contribution in [0.25, 0.3) is 0 Å². The summed E-state index contributed by atoms with van der Waals surface area (Å²) in [7, 11) is 0. The summed E-state index contributed by atoms with van der Waals surface area (Å²) in [6.45, 7) is 1.69. The zero-order chi connectivity index (χ0) is 13.0. The van der Waals surface area contributed by atoms with Gasteiger partial charge in [0.05, 0.1) is 6.10 Å². The lowest BCUT2D eigenvalue weighted by atomic mass is 10.1. The van der Waals surface area contributed by atoms with Crippen molar-refractivity contribution in [3.8, 4) is 0 Å². The third-order valence-corrected chi connectivity index (χ3v) is 2.84. The van der Waals surface area contributed by atoms with Crippen LogP contribution in [0.1, 0.15) is 18.6 Å². The average Bonchev–Trinajstić information content (AvgIpc) is 2.82. The quantitative estimate of drug-likeness (QED) is 0.793. The van der Waals surface area contributed by atoms with Crippen LogP contribution in [0.15, 0.2) is 29.8 Å². The predicted octanol–water partition coefficient (Wildman–Crippen LogP) is 2.24. The molecule has 0 radical (unpaired) electrons. The molecule has 0 aliphatic carbocycles. The fraction of sp³-hybridized carbons (Fsp3) is 0.182. The first-order valence-electron chi connectivity index (χ1n) is 5.27. The zero-order valence-corrected chi connectivity index (χ0v) is 10.4. The number of hydrogen-bond donors (Lipinski definition) is 3. The second kappa shape index (κ2) is 5.56. The Hall–Kier alpha value is -1.99. The number of aliphatic hydroxyl groups is 1. The number of aliphatic hydroxyl groups excluding tert-OH is 1. The Labute approximate surface area is 108 Å².